The van der Waals surface area contributed by atoms with Crippen molar-refractivity contribution in [1.82, 2.24) is 0 Å². The predicted molar refractivity (Wildman–Crippen MR) is 58.7 cm³/mol. The number of aliphatic hydroxyl groups excluding tert-OH is 1. The van der Waals surface area contributed by atoms with E-state index in [1.165, 1.54) is 6.42 Å². The summed E-state index contributed by atoms with van der Waals surface area (Å²) in [6, 6.07) is 0. The molecule has 0 aliphatic heterocycles. The summed E-state index contributed by atoms with van der Waals surface area (Å²) in [6.07, 6.45) is 2.18. The van der Waals surface area contributed by atoms with Crippen LogP contribution < -0.4 is 0 Å². The Kier molecular flexibility index (Phi) is 4.98. The Morgan fingerprint density at radius 1 is 1.08 bits per heavy atom. The van der Waals surface area contributed by atoms with Gasteiger partial charge in [-0.1, -0.05) is 41.5 Å². The van der Waals surface area contributed by atoms with Crippen LogP contribution in [0.15, 0.2) is 0 Å². The number of aliphatic hydroxyl groups is 1. The molecule has 0 heterocycles. The van der Waals surface area contributed by atoms with E-state index in [0.29, 0.717) is 17.3 Å². The number of hydrogen-bond donors (Lipinski definition) is 1. The first-order valence-corrected chi connectivity index (χ1v) is 5.42. The molecule has 0 aliphatic carbocycles. The first-order valence-electron chi connectivity index (χ1n) is 5.42. The Hall–Kier alpha value is -0.0400. The van der Waals surface area contributed by atoms with Gasteiger partial charge in [-0.05, 0) is 30.1 Å². The molecular weight excluding hydrogens is 160 g/mol. The van der Waals surface area contributed by atoms with E-state index in [2.05, 4.69) is 41.5 Å². The second-order valence-electron chi connectivity index (χ2n) is 5.81. The minimum absolute atomic E-state index is 0.137. The van der Waals surface area contributed by atoms with Gasteiger partial charge in [-0.25, -0.2) is 0 Å². The summed E-state index contributed by atoms with van der Waals surface area (Å²) >= 11 is 0. The second-order valence-corrected chi connectivity index (χ2v) is 5.81. The number of rotatable bonds is 4. The first kappa shape index (κ1) is 13.0. The molecule has 13 heavy (non-hydrogen) atoms. The van der Waals surface area contributed by atoms with Crippen LogP contribution in [0.3, 0.4) is 0 Å². The van der Waals surface area contributed by atoms with Crippen LogP contribution in [0.25, 0.3) is 0 Å². The van der Waals surface area contributed by atoms with E-state index in [1.807, 2.05) is 0 Å². The summed E-state index contributed by atoms with van der Waals surface area (Å²) in [5.74, 6) is 0.814. The predicted octanol–water partition coefficient (Wildman–Crippen LogP) is 3.47. The monoisotopic (exact) mass is 186 g/mol. The van der Waals surface area contributed by atoms with Crippen molar-refractivity contribution < 1.29 is 5.11 Å². The maximum absolute atomic E-state index is 9.79. The smallest absolute Gasteiger partial charge is 0.0588 e. The van der Waals surface area contributed by atoms with Crippen LogP contribution in [0.2, 0.25) is 0 Å². The third kappa shape index (κ3) is 6.09. The lowest BCUT2D eigenvalue weighted by Gasteiger charge is -2.25. The third-order valence-corrected chi connectivity index (χ3v) is 2.62. The zero-order chi connectivity index (χ0) is 10.6. The van der Waals surface area contributed by atoms with E-state index in [1.54, 1.807) is 0 Å². The normalized spacial score (nSPS) is 17.5. The minimum Gasteiger partial charge on any atom is -0.393 e. The molecule has 0 fully saturated rings. The highest BCUT2D eigenvalue weighted by molar-refractivity contribution is 4.71. The van der Waals surface area contributed by atoms with Gasteiger partial charge in [-0.3, -0.25) is 0 Å². The van der Waals surface area contributed by atoms with E-state index in [4.69, 9.17) is 0 Å². The van der Waals surface area contributed by atoms with Gasteiger partial charge < -0.3 is 5.11 Å². The minimum atomic E-state index is -0.137. The molecule has 0 aromatic rings. The average molecular weight is 186 g/mol. The molecule has 0 bridgehead atoms. The van der Waals surface area contributed by atoms with Crippen molar-refractivity contribution in [3.8, 4) is 0 Å². The van der Waals surface area contributed by atoms with Crippen LogP contribution >= 0.6 is 0 Å². The van der Waals surface area contributed by atoms with Crippen molar-refractivity contribution >= 4 is 0 Å². The zero-order valence-corrected chi connectivity index (χ0v) is 10.1. The maximum atomic E-state index is 9.79. The van der Waals surface area contributed by atoms with E-state index in [0.717, 1.165) is 6.42 Å². The summed E-state index contributed by atoms with van der Waals surface area (Å²) in [5, 5.41) is 9.79. The first-order chi connectivity index (χ1) is 5.74. The summed E-state index contributed by atoms with van der Waals surface area (Å²) in [5.41, 5.74) is 0.394. The fraction of sp³-hybridized carbons (Fsp3) is 1.00. The fourth-order valence-electron chi connectivity index (χ4n) is 1.49. The van der Waals surface area contributed by atoms with Crippen LogP contribution in [0.1, 0.15) is 54.4 Å². The SMILES string of the molecule is CC(C)C(O)C(C)CCC(C)(C)C. The highest BCUT2D eigenvalue weighted by Crippen LogP contribution is 2.26. The molecule has 0 saturated heterocycles. The van der Waals surface area contributed by atoms with Gasteiger partial charge in [0.15, 0.2) is 0 Å². The molecular formula is C12H26O. The molecule has 0 aliphatic rings. The van der Waals surface area contributed by atoms with Crippen LogP contribution in [0, 0.1) is 17.3 Å². The van der Waals surface area contributed by atoms with Crippen LogP contribution in [0.4, 0.5) is 0 Å². The molecule has 0 aromatic carbocycles. The van der Waals surface area contributed by atoms with Crippen molar-refractivity contribution in [3.63, 3.8) is 0 Å². The van der Waals surface area contributed by atoms with Gasteiger partial charge in [0.25, 0.3) is 0 Å². The lowest BCUT2D eigenvalue weighted by Crippen LogP contribution is -2.24. The molecule has 1 N–H and O–H groups in total. The zero-order valence-electron chi connectivity index (χ0n) is 10.1. The molecule has 0 amide bonds. The summed E-state index contributed by atoms with van der Waals surface area (Å²) in [6.45, 7) is 13.1. The van der Waals surface area contributed by atoms with E-state index >= 15 is 0 Å². The topological polar surface area (TPSA) is 20.2 Å². The van der Waals surface area contributed by atoms with Gasteiger partial charge in [0, 0.05) is 0 Å². The van der Waals surface area contributed by atoms with E-state index in [9.17, 15) is 5.11 Å². The van der Waals surface area contributed by atoms with Gasteiger partial charge in [-0.15, -0.1) is 0 Å². The summed E-state index contributed by atoms with van der Waals surface area (Å²) in [7, 11) is 0. The van der Waals surface area contributed by atoms with Gasteiger partial charge in [0.1, 0.15) is 0 Å². The highest BCUT2D eigenvalue weighted by atomic mass is 16.3. The van der Waals surface area contributed by atoms with Gasteiger partial charge >= 0.3 is 0 Å². The molecule has 1 nitrogen and oxygen atoms in total. The summed E-state index contributed by atoms with van der Waals surface area (Å²) in [4.78, 5) is 0. The largest absolute Gasteiger partial charge is 0.393 e. The molecule has 2 unspecified atom stereocenters. The van der Waals surface area contributed by atoms with E-state index < -0.39 is 0 Å². The van der Waals surface area contributed by atoms with Gasteiger partial charge in [-0.2, -0.15) is 0 Å². The maximum Gasteiger partial charge on any atom is 0.0588 e. The van der Waals surface area contributed by atoms with Crippen LogP contribution in [-0.2, 0) is 0 Å². The summed E-state index contributed by atoms with van der Waals surface area (Å²) < 4.78 is 0. The van der Waals surface area contributed by atoms with Crippen molar-refractivity contribution in [3.05, 3.63) is 0 Å². The molecule has 1 heteroatoms. The second kappa shape index (κ2) is 4.99. The van der Waals surface area contributed by atoms with Crippen LogP contribution in [0.5, 0.6) is 0 Å². The van der Waals surface area contributed by atoms with Gasteiger partial charge in [0.05, 0.1) is 6.10 Å². The Labute approximate surface area is 83.5 Å². The lowest BCUT2D eigenvalue weighted by molar-refractivity contribution is 0.0631. The van der Waals surface area contributed by atoms with Crippen molar-refractivity contribution in [2.45, 2.75) is 60.5 Å². The quantitative estimate of drug-likeness (QED) is 0.713. The van der Waals surface area contributed by atoms with Crippen LogP contribution in [-0.4, -0.2) is 11.2 Å². The fourth-order valence-corrected chi connectivity index (χ4v) is 1.49. The third-order valence-electron chi connectivity index (χ3n) is 2.62. The Bertz CT molecular complexity index is 133. The molecule has 0 aromatic heterocycles. The standard InChI is InChI=1S/C12H26O/c1-9(2)11(13)10(3)7-8-12(4,5)6/h9-11,13H,7-8H2,1-6H3. The highest BCUT2D eigenvalue weighted by Gasteiger charge is 2.20. The van der Waals surface area contributed by atoms with Crippen molar-refractivity contribution in [2.75, 3.05) is 0 Å². The Balaban J connectivity index is 3.81. The molecule has 80 valence electrons. The number of hydrogen-bond acceptors (Lipinski definition) is 1. The van der Waals surface area contributed by atoms with E-state index in [-0.39, 0.29) is 6.10 Å². The van der Waals surface area contributed by atoms with Crippen molar-refractivity contribution in [1.29, 1.82) is 0 Å². The Morgan fingerprint density at radius 3 is 1.85 bits per heavy atom. The Morgan fingerprint density at radius 2 is 1.54 bits per heavy atom. The van der Waals surface area contributed by atoms with Gasteiger partial charge in [0.2, 0.25) is 0 Å². The lowest BCUT2D eigenvalue weighted by atomic mass is 9.83. The molecule has 0 saturated carbocycles. The van der Waals surface area contributed by atoms with Crippen molar-refractivity contribution in [2.24, 2.45) is 17.3 Å². The molecule has 0 spiro atoms. The average Bonchev–Trinajstić information content (AvgIpc) is 1.97. The molecule has 2 atom stereocenters. The molecule has 0 radical (unpaired) electrons. The molecule has 0 rings (SSSR count).